The van der Waals surface area contributed by atoms with Gasteiger partial charge in [-0.1, -0.05) is 0 Å². The Morgan fingerprint density at radius 2 is 0.500 bits per heavy atom. The first-order chi connectivity index (χ1) is 1.00. The zero-order valence-corrected chi connectivity index (χ0v) is 7.59. The van der Waals surface area contributed by atoms with Gasteiger partial charge in [0.2, 0.25) is 0 Å². The van der Waals surface area contributed by atoms with Crippen molar-refractivity contribution in [3.63, 3.8) is 0 Å². The van der Waals surface area contributed by atoms with E-state index in [2.05, 4.69) is 9.21 Å². The van der Waals surface area contributed by atoms with E-state index in [4.69, 9.17) is 0 Å². The average molecular weight is 345 g/mol. The predicted octanol–water partition coefficient (Wildman–Crippen LogP) is -4.10. The minimum atomic E-state index is 0. The van der Waals surface area contributed by atoms with Crippen LogP contribution in [0.25, 0.3) is 0 Å². The zero-order chi connectivity index (χ0) is 2.00. The molecule has 0 aliphatic heterocycles. The normalized spacial score (nSPS) is 0.750. The molecule has 6 nitrogen and oxygen atoms in total. The zero-order valence-electron chi connectivity index (χ0n) is 3.73. The van der Waals surface area contributed by atoms with E-state index in [-0.39, 0.29) is 32.9 Å². The van der Waals surface area contributed by atoms with E-state index in [1.54, 1.807) is 34.9 Å². The number of rotatable bonds is 0. The van der Waals surface area contributed by atoms with Gasteiger partial charge in [-0.2, -0.15) is 0 Å². The summed E-state index contributed by atoms with van der Waals surface area (Å²) in [6.07, 6.45) is 0. The molecule has 0 radical (unpaired) electrons. The molecule has 0 spiro atoms. The summed E-state index contributed by atoms with van der Waals surface area (Å²) in [5.74, 6) is 0. The molecule has 0 aliphatic rings. The van der Waals surface area contributed by atoms with Crippen molar-refractivity contribution in [3.05, 3.63) is 0 Å². The quantitative estimate of drug-likeness (QED) is 0.413. The Labute approximate surface area is 76.1 Å². The maximum atomic E-state index is 2.97. The van der Waals surface area contributed by atoms with Gasteiger partial charge in [-0.25, -0.2) is 0 Å². The van der Waals surface area contributed by atoms with Gasteiger partial charge in [-0.15, -0.1) is 0 Å². The summed E-state index contributed by atoms with van der Waals surface area (Å²) in [4.78, 5) is 0. The maximum absolute atomic E-state index is 2.97. The van der Waals surface area contributed by atoms with Crippen molar-refractivity contribution in [2.75, 3.05) is 0 Å². The molecule has 0 aromatic rings. The van der Waals surface area contributed by atoms with Gasteiger partial charge in [0.15, 0.2) is 0 Å². The molecule has 0 fully saturated rings. The Balaban J connectivity index is -0.000000000333. The van der Waals surface area contributed by atoms with Crippen molar-refractivity contribution in [1.29, 1.82) is 0 Å². The van der Waals surface area contributed by atoms with Crippen LogP contribution < -0.4 is 0 Å². The van der Waals surface area contributed by atoms with Crippen molar-refractivity contribution in [1.82, 2.24) is 0 Å². The molecular weight excluding hydrogens is 333 g/mol. The molecule has 0 aromatic heterocycles. The van der Waals surface area contributed by atoms with E-state index >= 15 is 0 Å². The van der Waals surface area contributed by atoms with Gasteiger partial charge in [0.1, 0.15) is 0 Å². The van der Waals surface area contributed by atoms with Gasteiger partial charge >= 0.3 is 44.1 Å². The van der Waals surface area contributed by atoms with Crippen LogP contribution in [0.3, 0.4) is 0 Å². The van der Waals surface area contributed by atoms with Gasteiger partial charge in [-0.3, -0.25) is 0 Å². The fourth-order valence-electron chi connectivity index (χ4n) is 0. The second kappa shape index (κ2) is 200. The molecule has 0 rings (SSSR count). The third kappa shape index (κ3) is 133. The number of halogens is 1. The Kier molecular flexibility index (Phi) is 2670. The number of hydrogen-bond acceptors (Lipinski definition) is 0. The molecule has 8 heteroatoms. The van der Waals surface area contributed by atoms with Gasteiger partial charge < -0.3 is 32.9 Å². The molecule has 0 heterocycles. The first kappa shape index (κ1) is 107. The van der Waals surface area contributed by atoms with Crippen molar-refractivity contribution in [3.8, 4) is 0 Å². The van der Waals surface area contributed by atoms with Gasteiger partial charge in [0, 0.05) is 0 Å². The second-order valence-electron chi connectivity index (χ2n) is 0. The van der Waals surface area contributed by atoms with E-state index < -0.39 is 0 Å². The monoisotopic (exact) mass is 345 g/mol. The molecule has 63 valence electrons. The van der Waals surface area contributed by atoms with Crippen LogP contribution in [-0.2, 0) is 0 Å². The molecule has 0 atom stereocenters. The molecule has 0 saturated heterocycles. The summed E-state index contributed by atoms with van der Waals surface area (Å²) in [7, 11) is 2.97. The fraction of sp³-hybridized carbons (Fsp3) is 0. The molecule has 0 saturated carbocycles. The molecule has 0 aliphatic carbocycles. The second-order valence-corrected chi connectivity index (χ2v) is 0. The van der Waals surface area contributed by atoms with Crippen LogP contribution in [-0.4, -0.2) is 32.9 Å². The molecule has 0 amide bonds. The van der Waals surface area contributed by atoms with E-state index in [1.165, 1.54) is 0 Å². The topological polar surface area (TPSA) is 189 Å². The van der Waals surface area contributed by atoms with E-state index in [1.807, 2.05) is 0 Å². The van der Waals surface area contributed by atoms with Gasteiger partial charge in [0.05, 0.1) is 0 Å². The molecule has 12 N–H and O–H groups in total. The van der Waals surface area contributed by atoms with E-state index in [0.717, 1.165) is 0 Å². The SMILES string of the molecule is O.O.O.O.O.O.[Br][Gd]. The van der Waals surface area contributed by atoms with Gasteiger partial charge in [0.25, 0.3) is 0 Å². The Bertz CT molecular complexity index is 8.49. The Morgan fingerprint density at radius 3 is 0.500 bits per heavy atom. The summed E-state index contributed by atoms with van der Waals surface area (Å²) in [6.45, 7) is 0. The van der Waals surface area contributed by atoms with Crippen LogP contribution in [0.4, 0.5) is 0 Å². The summed E-state index contributed by atoms with van der Waals surface area (Å²) in [6, 6.07) is 0. The van der Waals surface area contributed by atoms with Crippen LogP contribution in [0.1, 0.15) is 0 Å². The number of hydrogen-bond donors (Lipinski definition) is 0. The summed E-state index contributed by atoms with van der Waals surface area (Å²) < 4.78 is 0. The standard InChI is InChI=1S/BrH.Gd.6H2O/h1H;;6*1H2/q;+1;;;;;;/p-1. The third-order valence-corrected chi connectivity index (χ3v) is 0. The summed E-state index contributed by atoms with van der Waals surface area (Å²) >= 11 is 1.67. The third-order valence-electron chi connectivity index (χ3n) is 0. The van der Waals surface area contributed by atoms with Crippen LogP contribution in [0.15, 0.2) is 0 Å². The summed E-state index contributed by atoms with van der Waals surface area (Å²) in [5, 5.41) is 0. The van der Waals surface area contributed by atoms with Crippen LogP contribution in [0, 0.1) is 34.9 Å². The minimum absolute atomic E-state index is 0. The fourth-order valence-corrected chi connectivity index (χ4v) is 0. The van der Waals surface area contributed by atoms with Crippen LogP contribution >= 0.6 is 9.21 Å². The predicted molar refractivity (Wildman–Crippen MR) is 30.6 cm³/mol. The first-order valence-electron chi connectivity index (χ1n) is 0.134. The van der Waals surface area contributed by atoms with Gasteiger partial charge in [-0.05, 0) is 0 Å². The molecule has 0 aromatic carbocycles. The first-order valence-corrected chi connectivity index (χ1v) is 5.15. The molecular formula is H12BrGdO6. The molecule has 0 unspecified atom stereocenters. The summed E-state index contributed by atoms with van der Waals surface area (Å²) in [5.41, 5.74) is 0. The molecule has 0 bridgehead atoms. The Morgan fingerprint density at radius 1 is 0.500 bits per heavy atom. The Hall–Kier alpha value is 1.56. The molecule has 8 heavy (non-hydrogen) atoms. The van der Waals surface area contributed by atoms with Crippen LogP contribution in [0.2, 0.25) is 0 Å². The van der Waals surface area contributed by atoms with Crippen molar-refractivity contribution in [2.24, 2.45) is 0 Å². The van der Waals surface area contributed by atoms with Crippen molar-refractivity contribution < 1.29 is 67.7 Å². The van der Waals surface area contributed by atoms with Crippen molar-refractivity contribution in [2.45, 2.75) is 0 Å². The van der Waals surface area contributed by atoms with Crippen LogP contribution in [0.5, 0.6) is 0 Å². The van der Waals surface area contributed by atoms with E-state index in [0.29, 0.717) is 0 Å². The van der Waals surface area contributed by atoms with Crippen molar-refractivity contribution >= 4 is 9.21 Å². The van der Waals surface area contributed by atoms with E-state index in [9.17, 15) is 0 Å². The average Bonchev–Trinajstić information content (AvgIpc) is 1.00.